The molecule has 3 aliphatic rings. The maximum atomic E-state index is 8.97. The molecule has 2 atom stereocenters. The standard InChI is InChI=1S/C23H25ClN8/c1-13-8-19(31-30-13)28-21-20-17(24)4-2-5-18(20)27-22(29-21)26-14-9-15-11-23(6-3-7-25)12-16(10-14)32(15)23/h2,4-5,8,14-16H,3,6,9-12H2,1H3,(H3,26,27,28,29,30,31). The van der Waals surface area contributed by atoms with E-state index in [1.807, 2.05) is 31.2 Å². The average Bonchev–Trinajstić information content (AvgIpc) is 3.13. The van der Waals surface area contributed by atoms with E-state index in [4.69, 9.17) is 26.8 Å². The molecule has 0 saturated carbocycles. The fraction of sp³-hybridized carbons (Fsp3) is 0.478. The van der Waals surface area contributed by atoms with Crippen LogP contribution < -0.4 is 10.6 Å². The molecule has 5 heterocycles. The van der Waals surface area contributed by atoms with Crippen molar-refractivity contribution in [2.45, 2.75) is 69.1 Å². The molecule has 6 rings (SSSR count). The van der Waals surface area contributed by atoms with Crippen molar-refractivity contribution in [3.8, 4) is 6.07 Å². The number of nitrogens with zero attached hydrogens (tertiary/aromatic N) is 5. The predicted octanol–water partition coefficient (Wildman–Crippen LogP) is 4.52. The van der Waals surface area contributed by atoms with Crippen LogP contribution in [0, 0.1) is 18.3 Å². The zero-order chi connectivity index (χ0) is 21.9. The zero-order valence-corrected chi connectivity index (χ0v) is 18.7. The molecule has 9 heteroatoms. The SMILES string of the molecule is Cc1cc(Nc2nc(NC3CC4CC5(CCC#N)CC(C3)N45)nc3cccc(Cl)c23)n[nH]1. The first-order valence-electron chi connectivity index (χ1n) is 11.2. The molecular weight excluding hydrogens is 424 g/mol. The summed E-state index contributed by atoms with van der Waals surface area (Å²) in [5, 5.41) is 24.5. The third-order valence-corrected chi connectivity index (χ3v) is 7.65. The van der Waals surface area contributed by atoms with E-state index in [2.05, 4.69) is 31.8 Å². The Balaban J connectivity index is 1.23. The molecular formula is C23H25ClN8. The topological polar surface area (TPSA) is 106 Å². The Morgan fingerprint density at radius 3 is 2.81 bits per heavy atom. The first kappa shape index (κ1) is 19.8. The van der Waals surface area contributed by atoms with E-state index in [0.29, 0.717) is 52.7 Å². The largest absolute Gasteiger partial charge is 0.351 e. The number of piperidine rings is 2. The van der Waals surface area contributed by atoms with Crippen molar-refractivity contribution in [1.29, 1.82) is 5.26 Å². The van der Waals surface area contributed by atoms with Gasteiger partial charge in [0.2, 0.25) is 5.95 Å². The lowest BCUT2D eigenvalue weighted by molar-refractivity contribution is -0.222. The van der Waals surface area contributed by atoms with Crippen molar-refractivity contribution in [3.05, 3.63) is 35.0 Å². The Bertz CT molecular complexity index is 1210. The number of aromatic amines is 1. The molecule has 2 unspecified atom stereocenters. The van der Waals surface area contributed by atoms with Crippen LogP contribution in [0.2, 0.25) is 5.02 Å². The van der Waals surface area contributed by atoms with E-state index in [-0.39, 0.29) is 0 Å². The second-order valence-electron chi connectivity index (χ2n) is 9.41. The highest BCUT2D eigenvalue weighted by Crippen LogP contribution is 2.58. The van der Waals surface area contributed by atoms with E-state index in [1.54, 1.807) is 0 Å². The van der Waals surface area contributed by atoms with Crippen LogP contribution in [0.5, 0.6) is 0 Å². The molecule has 0 bridgehead atoms. The van der Waals surface area contributed by atoms with Crippen LogP contribution in [0.15, 0.2) is 24.3 Å². The quantitative estimate of drug-likeness (QED) is 0.509. The number of hydrogen-bond acceptors (Lipinski definition) is 7. The molecule has 3 fully saturated rings. The molecule has 3 aromatic rings. The molecule has 0 radical (unpaired) electrons. The highest BCUT2D eigenvalue weighted by atomic mass is 35.5. The number of nitriles is 1. The Morgan fingerprint density at radius 2 is 2.09 bits per heavy atom. The fourth-order valence-electron chi connectivity index (χ4n) is 6.18. The van der Waals surface area contributed by atoms with Gasteiger partial charge in [-0.05, 0) is 51.2 Å². The molecule has 3 saturated heterocycles. The summed E-state index contributed by atoms with van der Waals surface area (Å²) in [6.45, 7) is 1.96. The monoisotopic (exact) mass is 448 g/mol. The van der Waals surface area contributed by atoms with Gasteiger partial charge >= 0.3 is 0 Å². The van der Waals surface area contributed by atoms with Crippen LogP contribution in [-0.2, 0) is 0 Å². The minimum Gasteiger partial charge on any atom is -0.351 e. The average molecular weight is 449 g/mol. The maximum absolute atomic E-state index is 8.97. The number of halogens is 1. The first-order chi connectivity index (χ1) is 15.5. The number of aryl methyl sites for hydroxylation is 1. The molecule has 32 heavy (non-hydrogen) atoms. The van der Waals surface area contributed by atoms with Crippen molar-refractivity contribution in [1.82, 2.24) is 25.1 Å². The van der Waals surface area contributed by atoms with Crippen molar-refractivity contribution in [2.24, 2.45) is 0 Å². The van der Waals surface area contributed by atoms with Crippen LogP contribution in [0.1, 0.15) is 44.2 Å². The number of hydrogen-bond donors (Lipinski definition) is 3. The van der Waals surface area contributed by atoms with Gasteiger partial charge in [0.25, 0.3) is 0 Å². The summed E-state index contributed by atoms with van der Waals surface area (Å²) in [5.74, 6) is 1.96. The summed E-state index contributed by atoms with van der Waals surface area (Å²) >= 11 is 6.50. The van der Waals surface area contributed by atoms with Crippen molar-refractivity contribution < 1.29 is 0 Å². The van der Waals surface area contributed by atoms with Gasteiger partial charge in [0, 0.05) is 41.8 Å². The second-order valence-corrected chi connectivity index (χ2v) is 9.82. The molecule has 3 aliphatic heterocycles. The smallest absolute Gasteiger partial charge is 0.225 e. The van der Waals surface area contributed by atoms with Crippen molar-refractivity contribution in [3.63, 3.8) is 0 Å². The van der Waals surface area contributed by atoms with Gasteiger partial charge in [0.05, 0.1) is 22.0 Å². The molecule has 0 amide bonds. The predicted molar refractivity (Wildman–Crippen MR) is 124 cm³/mol. The van der Waals surface area contributed by atoms with Crippen molar-refractivity contribution >= 4 is 40.1 Å². The second kappa shape index (κ2) is 7.32. The van der Waals surface area contributed by atoms with E-state index in [1.165, 1.54) is 12.8 Å². The van der Waals surface area contributed by atoms with Gasteiger partial charge in [-0.15, -0.1) is 0 Å². The normalized spacial score (nSPS) is 28.3. The van der Waals surface area contributed by atoms with Gasteiger partial charge in [-0.1, -0.05) is 17.7 Å². The molecule has 3 N–H and O–H groups in total. The molecule has 1 aromatic carbocycles. The number of rotatable bonds is 6. The summed E-state index contributed by atoms with van der Waals surface area (Å²) in [6.07, 6.45) is 6.28. The Labute approximate surface area is 191 Å². The third kappa shape index (κ3) is 3.11. The minimum absolute atomic E-state index is 0.324. The van der Waals surface area contributed by atoms with Gasteiger partial charge in [0.15, 0.2) is 5.82 Å². The van der Waals surface area contributed by atoms with E-state index in [0.717, 1.165) is 35.9 Å². The number of anilines is 3. The van der Waals surface area contributed by atoms with E-state index in [9.17, 15) is 0 Å². The Kier molecular flexibility index (Phi) is 4.52. The van der Waals surface area contributed by atoms with Crippen LogP contribution in [0.4, 0.5) is 17.6 Å². The molecule has 2 aromatic heterocycles. The lowest BCUT2D eigenvalue weighted by Crippen LogP contribution is -2.81. The van der Waals surface area contributed by atoms with Crippen LogP contribution >= 0.6 is 11.6 Å². The Hall–Kier alpha value is -2.89. The van der Waals surface area contributed by atoms with E-state index >= 15 is 0 Å². The molecule has 164 valence electrons. The fourth-order valence-corrected chi connectivity index (χ4v) is 6.44. The van der Waals surface area contributed by atoms with Gasteiger partial charge < -0.3 is 10.6 Å². The van der Waals surface area contributed by atoms with Crippen LogP contribution in [-0.4, -0.2) is 48.7 Å². The highest BCUT2D eigenvalue weighted by molar-refractivity contribution is 6.36. The summed E-state index contributed by atoms with van der Waals surface area (Å²) in [7, 11) is 0. The summed E-state index contributed by atoms with van der Waals surface area (Å²) in [5.41, 5.74) is 2.09. The van der Waals surface area contributed by atoms with Crippen molar-refractivity contribution in [2.75, 3.05) is 10.6 Å². The lowest BCUT2D eigenvalue weighted by Gasteiger charge is -2.74. The highest BCUT2D eigenvalue weighted by Gasteiger charge is 2.64. The lowest BCUT2D eigenvalue weighted by atomic mass is 9.57. The Morgan fingerprint density at radius 1 is 1.28 bits per heavy atom. The molecule has 0 aliphatic carbocycles. The zero-order valence-electron chi connectivity index (χ0n) is 17.9. The maximum Gasteiger partial charge on any atom is 0.225 e. The van der Waals surface area contributed by atoms with Gasteiger partial charge in [-0.3, -0.25) is 10.00 Å². The molecule has 0 spiro atoms. The summed E-state index contributed by atoms with van der Waals surface area (Å²) in [6, 6.07) is 11.5. The third-order valence-electron chi connectivity index (χ3n) is 7.34. The number of benzene rings is 1. The van der Waals surface area contributed by atoms with Gasteiger partial charge in [-0.25, -0.2) is 4.98 Å². The van der Waals surface area contributed by atoms with Gasteiger partial charge in [0.1, 0.15) is 5.82 Å². The first-order valence-corrected chi connectivity index (χ1v) is 11.6. The summed E-state index contributed by atoms with van der Waals surface area (Å²) in [4.78, 5) is 12.2. The number of fused-ring (bicyclic) bond motifs is 1. The summed E-state index contributed by atoms with van der Waals surface area (Å²) < 4.78 is 0. The number of H-pyrrole nitrogens is 1. The number of aromatic nitrogens is 4. The van der Waals surface area contributed by atoms with Crippen LogP contribution in [0.25, 0.3) is 10.9 Å². The van der Waals surface area contributed by atoms with E-state index < -0.39 is 0 Å². The number of nitrogens with one attached hydrogen (secondary N) is 3. The van der Waals surface area contributed by atoms with Gasteiger partial charge in [-0.2, -0.15) is 15.3 Å². The minimum atomic E-state index is 0.324. The molecule has 8 nitrogen and oxygen atoms in total. The van der Waals surface area contributed by atoms with Crippen LogP contribution in [0.3, 0.4) is 0 Å².